The summed E-state index contributed by atoms with van der Waals surface area (Å²) in [5.74, 6) is 2.99. The van der Waals surface area contributed by atoms with E-state index in [1.165, 1.54) is 18.2 Å². The third-order valence-electron chi connectivity index (χ3n) is 1.73. The summed E-state index contributed by atoms with van der Waals surface area (Å²) in [4.78, 5) is 21.3. The van der Waals surface area contributed by atoms with Crippen LogP contribution in [0.4, 0.5) is 4.39 Å². The fourth-order valence-electron chi connectivity index (χ4n) is 1.02. The molecular formula is C12H9FO3. The lowest BCUT2D eigenvalue weighted by Gasteiger charge is -1.96. The van der Waals surface area contributed by atoms with Crippen LogP contribution < -0.4 is 0 Å². The molecule has 16 heavy (non-hydrogen) atoms. The SMILES string of the molecule is CCOC(=O)C#Cc1cccc(C=O)c1F. The maximum absolute atomic E-state index is 13.4. The molecule has 0 unspecified atom stereocenters. The average Bonchev–Trinajstić information content (AvgIpc) is 2.28. The monoisotopic (exact) mass is 220 g/mol. The van der Waals surface area contributed by atoms with E-state index in [0.717, 1.165) is 0 Å². The van der Waals surface area contributed by atoms with Gasteiger partial charge < -0.3 is 4.74 Å². The Bertz CT molecular complexity index is 469. The first kappa shape index (κ1) is 11.9. The molecule has 0 spiro atoms. The molecule has 0 aromatic heterocycles. The van der Waals surface area contributed by atoms with Crippen LogP contribution in [0.5, 0.6) is 0 Å². The van der Waals surface area contributed by atoms with Gasteiger partial charge in [-0.15, -0.1) is 0 Å². The van der Waals surface area contributed by atoms with E-state index in [9.17, 15) is 14.0 Å². The average molecular weight is 220 g/mol. The lowest BCUT2D eigenvalue weighted by atomic mass is 10.1. The molecule has 0 N–H and O–H groups in total. The number of ether oxygens (including phenoxy) is 1. The van der Waals surface area contributed by atoms with Crippen LogP contribution in [0, 0.1) is 17.7 Å². The van der Waals surface area contributed by atoms with Gasteiger partial charge in [0, 0.05) is 5.92 Å². The van der Waals surface area contributed by atoms with E-state index < -0.39 is 11.8 Å². The van der Waals surface area contributed by atoms with Crippen molar-refractivity contribution in [1.29, 1.82) is 0 Å². The van der Waals surface area contributed by atoms with Crippen LogP contribution in [0.25, 0.3) is 0 Å². The van der Waals surface area contributed by atoms with Gasteiger partial charge in [0.05, 0.1) is 17.7 Å². The summed E-state index contributed by atoms with van der Waals surface area (Å²) in [5, 5.41) is 0. The number of rotatable bonds is 2. The van der Waals surface area contributed by atoms with Crippen LogP contribution in [0.15, 0.2) is 18.2 Å². The molecule has 1 aromatic rings. The molecule has 3 nitrogen and oxygen atoms in total. The first-order valence-corrected chi connectivity index (χ1v) is 4.61. The van der Waals surface area contributed by atoms with Gasteiger partial charge in [0.1, 0.15) is 5.82 Å². The van der Waals surface area contributed by atoms with Crippen molar-refractivity contribution in [1.82, 2.24) is 0 Å². The molecule has 0 atom stereocenters. The molecule has 0 bridgehead atoms. The summed E-state index contributed by atoms with van der Waals surface area (Å²) >= 11 is 0. The summed E-state index contributed by atoms with van der Waals surface area (Å²) in [5.41, 5.74) is -0.0895. The zero-order valence-electron chi connectivity index (χ0n) is 8.62. The van der Waals surface area contributed by atoms with Crippen LogP contribution in [0.2, 0.25) is 0 Å². The van der Waals surface area contributed by atoms with Crippen molar-refractivity contribution in [2.75, 3.05) is 6.61 Å². The third-order valence-corrected chi connectivity index (χ3v) is 1.73. The predicted octanol–water partition coefficient (Wildman–Crippen LogP) is 1.55. The van der Waals surface area contributed by atoms with E-state index in [4.69, 9.17) is 0 Å². The first-order chi connectivity index (χ1) is 7.69. The summed E-state index contributed by atoms with van der Waals surface area (Å²) in [6.07, 6.45) is 0.394. The van der Waals surface area contributed by atoms with Crippen molar-refractivity contribution in [2.45, 2.75) is 6.92 Å². The molecular weight excluding hydrogens is 211 g/mol. The van der Waals surface area contributed by atoms with Crippen molar-refractivity contribution < 1.29 is 18.7 Å². The minimum atomic E-state index is -0.728. The largest absolute Gasteiger partial charge is 0.456 e. The van der Waals surface area contributed by atoms with Crippen LogP contribution in [0.1, 0.15) is 22.8 Å². The molecule has 82 valence electrons. The number of esters is 1. The van der Waals surface area contributed by atoms with Gasteiger partial charge in [0.15, 0.2) is 6.29 Å². The van der Waals surface area contributed by atoms with E-state index in [0.29, 0.717) is 6.29 Å². The van der Waals surface area contributed by atoms with Crippen LogP contribution >= 0.6 is 0 Å². The standard InChI is InChI=1S/C12H9FO3/c1-2-16-11(15)7-6-9-4-3-5-10(8-14)12(9)13/h3-5,8H,2H2,1H3. The first-order valence-electron chi connectivity index (χ1n) is 4.61. The van der Waals surface area contributed by atoms with Gasteiger partial charge in [0.25, 0.3) is 0 Å². The number of benzene rings is 1. The van der Waals surface area contributed by atoms with Crippen molar-refractivity contribution >= 4 is 12.3 Å². The van der Waals surface area contributed by atoms with Crippen molar-refractivity contribution in [3.05, 3.63) is 35.1 Å². The van der Waals surface area contributed by atoms with Gasteiger partial charge >= 0.3 is 5.97 Å². The maximum atomic E-state index is 13.4. The maximum Gasteiger partial charge on any atom is 0.384 e. The lowest BCUT2D eigenvalue weighted by molar-refractivity contribution is -0.136. The highest BCUT2D eigenvalue weighted by molar-refractivity contribution is 5.89. The van der Waals surface area contributed by atoms with Crippen LogP contribution in [-0.2, 0) is 9.53 Å². The Morgan fingerprint density at radius 3 is 2.94 bits per heavy atom. The number of halogens is 1. The highest BCUT2D eigenvalue weighted by Gasteiger charge is 2.04. The van der Waals surface area contributed by atoms with E-state index in [1.54, 1.807) is 6.92 Å². The number of aldehydes is 1. The summed E-state index contributed by atoms with van der Waals surface area (Å²) in [6.45, 7) is 1.86. The zero-order valence-corrected chi connectivity index (χ0v) is 8.62. The second kappa shape index (κ2) is 5.66. The minimum Gasteiger partial charge on any atom is -0.456 e. The van der Waals surface area contributed by atoms with Gasteiger partial charge in [-0.1, -0.05) is 12.0 Å². The molecule has 1 aromatic carbocycles. The Hall–Kier alpha value is -2.15. The van der Waals surface area contributed by atoms with Gasteiger partial charge in [0.2, 0.25) is 0 Å². The Morgan fingerprint density at radius 2 is 2.31 bits per heavy atom. The predicted molar refractivity (Wildman–Crippen MR) is 55.3 cm³/mol. The Morgan fingerprint density at radius 1 is 1.56 bits per heavy atom. The fraction of sp³-hybridized carbons (Fsp3) is 0.167. The van der Waals surface area contributed by atoms with E-state index in [1.807, 2.05) is 0 Å². The number of carbonyl (C=O) groups is 2. The van der Waals surface area contributed by atoms with Crippen LogP contribution in [0.3, 0.4) is 0 Å². The summed E-state index contributed by atoms with van der Waals surface area (Å²) in [7, 11) is 0. The normalized spacial score (nSPS) is 8.88. The molecule has 4 heteroatoms. The molecule has 0 saturated carbocycles. The molecule has 0 amide bonds. The van der Waals surface area contributed by atoms with Crippen molar-refractivity contribution in [2.24, 2.45) is 0 Å². The van der Waals surface area contributed by atoms with Gasteiger partial charge in [-0.25, -0.2) is 9.18 Å². The Balaban J connectivity index is 2.97. The zero-order chi connectivity index (χ0) is 12.0. The van der Waals surface area contributed by atoms with Gasteiger partial charge in [-0.3, -0.25) is 4.79 Å². The van der Waals surface area contributed by atoms with Crippen LogP contribution in [-0.4, -0.2) is 18.9 Å². The Kier molecular flexibility index (Phi) is 4.22. The summed E-state index contributed by atoms with van der Waals surface area (Å²) in [6, 6.07) is 4.20. The highest BCUT2D eigenvalue weighted by atomic mass is 19.1. The van der Waals surface area contributed by atoms with E-state index in [-0.39, 0.29) is 17.7 Å². The highest BCUT2D eigenvalue weighted by Crippen LogP contribution is 2.09. The third kappa shape index (κ3) is 2.92. The van der Waals surface area contributed by atoms with Crippen molar-refractivity contribution in [3.63, 3.8) is 0 Å². The molecule has 0 aliphatic heterocycles. The molecule has 1 rings (SSSR count). The quantitative estimate of drug-likeness (QED) is 0.431. The second-order valence-electron chi connectivity index (χ2n) is 2.80. The molecule has 0 fully saturated rings. The number of hydrogen-bond donors (Lipinski definition) is 0. The smallest absolute Gasteiger partial charge is 0.384 e. The molecule has 0 saturated heterocycles. The molecule has 0 radical (unpaired) electrons. The van der Waals surface area contributed by atoms with Gasteiger partial charge in [-0.05, 0) is 19.1 Å². The fourth-order valence-corrected chi connectivity index (χ4v) is 1.02. The van der Waals surface area contributed by atoms with Crippen molar-refractivity contribution in [3.8, 4) is 11.8 Å². The van der Waals surface area contributed by atoms with E-state index >= 15 is 0 Å². The number of hydrogen-bond acceptors (Lipinski definition) is 3. The topological polar surface area (TPSA) is 43.4 Å². The number of carbonyl (C=O) groups excluding carboxylic acids is 2. The van der Waals surface area contributed by atoms with E-state index in [2.05, 4.69) is 16.6 Å². The molecule has 0 aliphatic carbocycles. The summed E-state index contributed by atoms with van der Waals surface area (Å²) < 4.78 is 18.0. The molecule has 0 aliphatic rings. The van der Waals surface area contributed by atoms with Gasteiger partial charge in [-0.2, -0.15) is 0 Å². The lowest BCUT2D eigenvalue weighted by Crippen LogP contribution is -2.00. The minimum absolute atomic E-state index is 0.00217. The Labute approximate surface area is 92.2 Å². The second-order valence-corrected chi connectivity index (χ2v) is 2.80. The molecule has 0 heterocycles.